The number of carbonyl (C=O) groups is 1. The number of hydrogen-bond acceptors (Lipinski definition) is 6. The Balaban J connectivity index is 1.75. The molecule has 1 aromatic carbocycles. The molecule has 1 saturated heterocycles. The first-order valence-electron chi connectivity index (χ1n) is 7.54. The lowest BCUT2D eigenvalue weighted by atomic mass is 10.2. The molecular formula is C15H19N5O2S. The number of carbonyl (C=O) groups excluding carboxylic acids is 1. The minimum absolute atomic E-state index is 0.0950. The van der Waals surface area contributed by atoms with Crippen LogP contribution in [0, 0.1) is 6.92 Å². The topological polar surface area (TPSA) is 73.1 Å². The van der Waals surface area contributed by atoms with Gasteiger partial charge in [-0.2, -0.15) is 4.68 Å². The number of rotatable bonds is 4. The van der Waals surface area contributed by atoms with E-state index in [-0.39, 0.29) is 11.2 Å². The molecule has 2 aromatic rings. The molecule has 1 unspecified atom stereocenters. The van der Waals surface area contributed by atoms with E-state index in [1.54, 1.807) is 4.68 Å². The lowest BCUT2D eigenvalue weighted by Gasteiger charge is -2.28. The van der Waals surface area contributed by atoms with E-state index in [2.05, 4.69) is 15.5 Å². The molecule has 0 N–H and O–H groups in total. The summed E-state index contributed by atoms with van der Waals surface area (Å²) in [6.45, 7) is 6.39. The molecular weight excluding hydrogens is 314 g/mol. The van der Waals surface area contributed by atoms with Gasteiger partial charge in [0.1, 0.15) is 0 Å². The summed E-state index contributed by atoms with van der Waals surface area (Å²) in [6, 6.07) is 7.89. The van der Waals surface area contributed by atoms with Crippen molar-refractivity contribution < 1.29 is 9.53 Å². The molecule has 0 saturated carbocycles. The quantitative estimate of drug-likeness (QED) is 0.786. The summed E-state index contributed by atoms with van der Waals surface area (Å²) in [7, 11) is 0. The van der Waals surface area contributed by atoms with E-state index in [4.69, 9.17) is 4.74 Å². The Morgan fingerprint density at radius 3 is 2.78 bits per heavy atom. The van der Waals surface area contributed by atoms with E-state index in [1.165, 1.54) is 11.8 Å². The van der Waals surface area contributed by atoms with Crippen LogP contribution in [0.25, 0.3) is 5.69 Å². The van der Waals surface area contributed by atoms with Crippen molar-refractivity contribution >= 4 is 17.7 Å². The first-order valence-corrected chi connectivity index (χ1v) is 8.42. The number of hydrogen-bond donors (Lipinski definition) is 0. The predicted molar refractivity (Wildman–Crippen MR) is 86.6 cm³/mol. The third kappa shape index (κ3) is 3.53. The number of aryl methyl sites for hydroxylation is 1. The molecule has 1 amide bonds. The fourth-order valence-electron chi connectivity index (χ4n) is 2.45. The molecule has 0 spiro atoms. The van der Waals surface area contributed by atoms with Crippen LogP contribution in [0.3, 0.4) is 0 Å². The summed E-state index contributed by atoms with van der Waals surface area (Å²) in [5.74, 6) is 0.0950. The van der Waals surface area contributed by atoms with E-state index in [9.17, 15) is 4.79 Å². The van der Waals surface area contributed by atoms with Crippen LogP contribution >= 0.6 is 11.8 Å². The average molecular weight is 333 g/mol. The highest BCUT2D eigenvalue weighted by Crippen LogP contribution is 2.25. The highest BCUT2D eigenvalue weighted by atomic mass is 32.2. The SMILES string of the molecule is Cc1ccccc1-n1nnnc1SC(C)C(=O)N1CCOCC1. The third-order valence-corrected chi connectivity index (χ3v) is 4.76. The minimum atomic E-state index is -0.248. The molecule has 7 nitrogen and oxygen atoms in total. The maximum Gasteiger partial charge on any atom is 0.236 e. The van der Waals surface area contributed by atoms with Crippen LogP contribution < -0.4 is 0 Å². The van der Waals surface area contributed by atoms with Gasteiger partial charge in [-0.05, 0) is 35.9 Å². The van der Waals surface area contributed by atoms with Crippen molar-refractivity contribution in [1.29, 1.82) is 0 Å². The maximum absolute atomic E-state index is 12.5. The maximum atomic E-state index is 12.5. The van der Waals surface area contributed by atoms with Crippen LogP contribution in [0.4, 0.5) is 0 Å². The molecule has 0 bridgehead atoms. The van der Waals surface area contributed by atoms with E-state index in [1.807, 2.05) is 43.0 Å². The molecule has 8 heteroatoms. The molecule has 0 aliphatic carbocycles. The van der Waals surface area contributed by atoms with Crippen molar-refractivity contribution in [2.45, 2.75) is 24.3 Å². The number of para-hydroxylation sites is 1. The van der Waals surface area contributed by atoms with Crippen molar-refractivity contribution in [3.8, 4) is 5.69 Å². The third-order valence-electron chi connectivity index (χ3n) is 3.74. The Hall–Kier alpha value is -1.93. The summed E-state index contributed by atoms with van der Waals surface area (Å²) in [5, 5.41) is 12.3. The Bertz CT molecular complexity index is 684. The predicted octanol–water partition coefficient (Wildman–Crippen LogP) is 1.31. The fourth-order valence-corrected chi connectivity index (χ4v) is 3.34. The number of thioether (sulfide) groups is 1. The summed E-state index contributed by atoms with van der Waals surface area (Å²) in [4.78, 5) is 14.3. The molecule has 1 aliphatic heterocycles. The molecule has 1 aromatic heterocycles. The van der Waals surface area contributed by atoms with Gasteiger partial charge in [0, 0.05) is 13.1 Å². The number of tetrazole rings is 1. The van der Waals surface area contributed by atoms with Crippen LogP contribution in [0.2, 0.25) is 0 Å². The number of morpholine rings is 1. The van der Waals surface area contributed by atoms with E-state index in [0.29, 0.717) is 31.5 Å². The highest BCUT2D eigenvalue weighted by Gasteiger charge is 2.25. The van der Waals surface area contributed by atoms with Gasteiger partial charge < -0.3 is 9.64 Å². The Kier molecular flexibility index (Phi) is 4.92. The molecule has 1 atom stereocenters. The zero-order valence-electron chi connectivity index (χ0n) is 13.2. The van der Waals surface area contributed by atoms with Gasteiger partial charge in [0.05, 0.1) is 24.2 Å². The van der Waals surface area contributed by atoms with Gasteiger partial charge in [0.25, 0.3) is 0 Å². The first kappa shape index (κ1) is 15.9. The number of amides is 1. The fraction of sp³-hybridized carbons (Fsp3) is 0.467. The van der Waals surface area contributed by atoms with Crippen molar-refractivity contribution in [3.05, 3.63) is 29.8 Å². The van der Waals surface area contributed by atoms with Crippen LogP contribution in [-0.2, 0) is 9.53 Å². The van der Waals surface area contributed by atoms with Crippen LogP contribution in [0.5, 0.6) is 0 Å². The van der Waals surface area contributed by atoms with Gasteiger partial charge in [-0.1, -0.05) is 30.0 Å². The monoisotopic (exact) mass is 333 g/mol. The standard InChI is InChI=1S/C15H19N5O2S/c1-11-5-3-4-6-13(11)20-15(16-17-18-20)23-12(2)14(21)19-7-9-22-10-8-19/h3-6,12H,7-10H2,1-2H3. The number of aromatic nitrogens is 4. The lowest BCUT2D eigenvalue weighted by Crippen LogP contribution is -2.44. The van der Waals surface area contributed by atoms with Crippen LogP contribution in [0.15, 0.2) is 29.4 Å². The second-order valence-corrected chi connectivity index (χ2v) is 6.67. The van der Waals surface area contributed by atoms with E-state index >= 15 is 0 Å². The van der Waals surface area contributed by atoms with Crippen molar-refractivity contribution in [2.24, 2.45) is 0 Å². The van der Waals surface area contributed by atoms with Gasteiger partial charge in [-0.25, -0.2) is 0 Å². The number of benzene rings is 1. The highest BCUT2D eigenvalue weighted by molar-refractivity contribution is 8.00. The number of nitrogens with zero attached hydrogens (tertiary/aromatic N) is 5. The van der Waals surface area contributed by atoms with E-state index in [0.717, 1.165) is 11.3 Å². The van der Waals surface area contributed by atoms with Gasteiger partial charge in [0.15, 0.2) is 0 Å². The minimum Gasteiger partial charge on any atom is -0.378 e. The van der Waals surface area contributed by atoms with Crippen LogP contribution in [0.1, 0.15) is 12.5 Å². The van der Waals surface area contributed by atoms with E-state index < -0.39 is 0 Å². The second-order valence-electron chi connectivity index (χ2n) is 5.36. The zero-order chi connectivity index (χ0) is 16.2. The lowest BCUT2D eigenvalue weighted by molar-refractivity contribution is -0.134. The first-order chi connectivity index (χ1) is 11.2. The molecule has 1 fully saturated rings. The Morgan fingerprint density at radius 1 is 1.30 bits per heavy atom. The van der Waals surface area contributed by atoms with Crippen molar-refractivity contribution in [1.82, 2.24) is 25.1 Å². The van der Waals surface area contributed by atoms with Crippen LogP contribution in [-0.4, -0.2) is 62.6 Å². The number of ether oxygens (including phenoxy) is 1. The molecule has 3 rings (SSSR count). The second kappa shape index (κ2) is 7.10. The normalized spacial score (nSPS) is 16.3. The van der Waals surface area contributed by atoms with Gasteiger partial charge in [-0.15, -0.1) is 5.10 Å². The molecule has 1 aliphatic rings. The van der Waals surface area contributed by atoms with Crippen molar-refractivity contribution in [2.75, 3.05) is 26.3 Å². The van der Waals surface area contributed by atoms with Gasteiger partial charge in [0.2, 0.25) is 11.1 Å². The van der Waals surface area contributed by atoms with Gasteiger partial charge >= 0.3 is 0 Å². The smallest absolute Gasteiger partial charge is 0.236 e. The summed E-state index contributed by atoms with van der Waals surface area (Å²) < 4.78 is 6.97. The van der Waals surface area contributed by atoms with Crippen molar-refractivity contribution in [3.63, 3.8) is 0 Å². The average Bonchev–Trinajstić information content (AvgIpc) is 3.03. The van der Waals surface area contributed by atoms with Gasteiger partial charge in [-0.3, -0.25) is 4.79 Å². The zero-order valence-corrected chi connectivity index (χ0v) is 14.0. The molecule has 23 heavy (non-hydrogen) atoms. The molecule has 122 valence electrons. The Morgan fingerprint density at radius 2 is 2.04 bits per heavy atom. The summed E-state index contributed by atoms with van der Waals surface area (Å²) in [6.07, 6.45) is 0. The Labute approximate surface area is 139 Å². The molecule has 2 heterocycles. The summed E-state index contributed by atoms with van der Waals surface area (Å²) in [5.41, 5.74) is 2.00. The summed E-state index contributed by atoms with van der Waals surface area (Å²) >= 11 is 1.38. The molecule has 0 radical (unpaired) electrons. The largest absolute Gasteiger partial charge is 0.378 e.